The van der Waals surface area contributed by atoms with Gasteiger partial charge in [0.25, 0.3) is 5.91 Å². The molecule has 1 N–H and O–H groups in total. The Kier molecular flexibility index (Phi) is 5.08. The van der Waals surface area contributed by atoms with Crippen LogP contribution in [-0.2, 0) is 0 Å². The molecule has 0 radical (unpaired) electrons. The van der Waals surface area contributed by atoms with Crippen molar-refractivity contribution in [3.8, 4) is 5.75 Å². The summed E-state index contributed by atoms with van der Waals surface area (Å²) in [6, 6.07) is 11.3. The van der Waals surface area contributed by atoms with Crippen molar-refractivity contribution in [2.45, 2.75) is 0 Å². The van der Waals surface area contributed by atoms with Crippen LogP contribution in [0, 0.1) is 0 Å². The molecule has 1 amide bonds. The van der Waals surface area contributed by atoms with E-state index in [1.54, 1.807) is 25.6 Å². The number of benzene rings is 1. The van der Waals surface area contributed by atoms with E-state index in [0.29, 0.717) is 22.6 Å². The molecule has 1 aliphatic heterocycles. The Labute approximate surface area is 164 Å². The first kappa shape index (κ1) is 18.2. The van der Waals surface area contributed by atoms with Crippen LogP contribution in [0.15, 0.2) is 48.8 Å². The van der Waals surface area contributed by atoms with Crippen LogP contribution in [0.3, 0.4) is 0 Å². The molecule has 0 bridgehead atoms. The topological polar surface area (TPSA) is 70.6 Å². The zero-order valence-electron chi connectivity index (χ0n) is 16.1. The number of piperazine rings is 1. The number of nitrogens with one attached hydrogen (secondary N) is 1. The van der Waals surface area contributed by atoms with E-state index < -0.39 is 0 Å². The molecule has 144 valence electrons. The van der Waals surface area contributed by atoms with Crippen LogP contribution in [0.5, 0.6) is 5.75 Å². The molecule has 0 spiro atoms. The molecule has 1 saturated heterocycles. The Balaban J connectivity index is 1.59. The van der Waals surface area contributed by atoms with E-state index in [4.69, 9.17) is 4.74 Å². The number of amides is 1. The summed E-state index contributed by atoms with van der Waals surface area (Å²) >= 11 is 0. The number of pyridine rings is 2. The largest absolute Gasteiger partial charge is 0.497 e. The maximum absolute atomic E-state index is 12.9. The number of likely N-dealkylation sites (N-methyl/N-ethyl adjacent to an activating group) is 1. The van der Waals surface area contributed by atoms with Crippen LogP contribution in [0.4, 0.5) is 11.4 Å². The van der Waals surface area contributed by atoms with Gasteiger partial charge in [0.05, 0.1) is 18.3 Å². The summed E-state index contributed by atoms with van der Waals surface area (Å²) in [4.78, 5) is 26.1. The number of methoxy groups -OCH3 is 1. The van der Waals surface area contributed by atoms with Gasteiger partial charge in [0, 0.05) is 55.7 Å². The molecule has 3 heterocycles. The summed E-state index contributed by atoms with van der Waals surface area (Å²) in [7, 11) is 3.72. The fourth-order valence-electron chi connectivity index (χ4n) is 3.37. The van der Waals surface area contributed by atoms with Gasteiger partial charge in [-0.2, -0.15) is 0 Å². The van der Waals surface area contributed by atoms with Crippen molar-refractivity contribution < 1.29 is 9.53 Å². The number of ether oxygens (including phenoxy) is 1. The van der Waals surface area contributed by atoms with Crippen molar-refractivity contribution in [2.24, 2.45) is 0 Å². The summed E-state index contributed by atoms with van der Waals surface area (Å²) in [6.07, 6.45) is 3.39. The van der Waals surface area contributed by atoms with Gasteiger partial charge in [-0.05, 0) is 31.3 Å². The lowest BCUT2D eigenvalue weighted by Gasteiger charge is -2.34. The Morgan fingerprint density at radius 1 is 1.07 bits per heavy atom. The molecule has 0 atom stereocenters. The van der Waals surface area contributed by atoms with Crippen LogP contribution < -0.4 is 15.0 Å². The first-order valence-electron chi connectivity index (χ1n) is 9.28. The summed E-state index contributed by atoms with van der Waals surface area (Å²) in [5.74, 6) is 0.395. The van der Waals surface area contributed by atoms with Crippen molar-refractivity contribution in [1.82, 2.24) is 14.9 Å². The van der Waals surface area contributed by atoms with Crippen LogP contribution in [-0.4, -0.2) is 61.1 Å². The highest BCUT2D eigenvalue weighted by Gasteiger charge is 2.17. The second-order valence-electron chi connectivity index (χ2n) is 6.89. The molecule has 0 aliphatic carbocycles. The van der Waals surface area contributed by atoms with Gasteiger partial charge in [0.15, 0.2) is 0 Å². The van der Waals surface area contributed by atoms with Crippen LogP contribution >= 0.6 is 0 Å². The fraction of sp³-hybridized carbons (Fsp3) is 0.286. The number of carbonyl (C=O) groups is 1. The first-order chi connectivity index (χ1) is 13.6. The number of nitrogens with zero attached hydrogens (tertiary/aromatic N) is 4. The standard InChI is InChI=1S/C21H23N5O2/c1-25-8-10-26(11-9-25)16-5-7-22-19(13-16)21(27)24-18-14-17(28-2)12-15-4-3-6-23-20(15)18/h3-7,12-14H,8-11H2,1-2H3,(H,24,27). The molecule has 7 heteroatoms. The third-order valence-electron chi connectivity index (χ3n) is 5.01. The summed E-state index contributed by atoms with van der Waals surface area (Å²) < 4.78 is 5.35. The zero-order valence-corrected chi connectivity index (χ0v) is 16.1. The fourth-order valence-corrected chi connectivity index (χ4v) is 3.37. The second kappa shape index (κ2) is 7.82. The van der Waals surface area contributed by atoms with E-state index in [2.05, 4.69) is 32.1 Å². The second-order valence-corrected chi connectivity index (χ2v) is 6.89. The maximum atomic E-state index is 12.9. The van der Waals surface area contributed by atoms with E-state index in [1.165, 1.54) is 0 Å². The lowest BCUT2D eigenvalue weighted by Crippen LogP contribution is -2.44. The summed E-state index contributed by atoms with van der Waals surface area (Å²) in [5.41, 5.74) is 2.71. The average molecular weight is 377 g/mol. The number of anilines is 2. The molecule has 1 aromatic carbocycles. The molecule has 3 aromatic rings. The van der Waals surface area contributed by atoms with Crippen molar-refractivity contribution in [3.63, 3.8) is 0 Å². The van der Waals surface area contributed by atoms with Crippen molar-refractivity contribution >= 4 is 28.2 Å². The predicted octanol–water partition coefficient (Wildman–Crippen LogP) is 2.64. The van der Waals surface area contributed by atoms with Crippen LogP contribution in [0.1, 0.15) is 10.5 Å². The lowest BCUT2D eigenvalue weighted by molar-refractivity contribution is 0.102. The van der Waals surface area contributed by atoms with Gasteiger partial charge in [-0.15, -0.1) is 0 Å². The minimum Gasteiger partial charge on any atom is -0.497 e. The van der Waals surface area contributed by atoms with Gasteiger partial charge in [-0.3, -0.25) is 14.8 Å². The van der Waals surface area contributed by atoms with Gasteiger partial charge in [0.1, 0.15) is 11.4 Å². The third kappa shape index (κ3) is 3.75. The molecular weight excluding hydrogens is 354 g/mol. The molecule has 4 rings (SSSR count). The van der Waals surface area contributed by atoms with E-state index in [9.17, 15) is 4.79 Å². The smallest absolute Gasteiger partial charge is 0.274 e. The minimum absolute atomic E-state index is 0.267. The van der Waals surface area contributed by atoms with E-state index in [1.807, 2.05) is 30.3 Å². The Morgan fingerprint density at radius 3 is 2.68 bits per heavy atom. The number of rotatable bonds is 4. The van der Waals surface area contributed by atoms with E-state index in [-0.39, 0.29) is 5.91 Å². The summed E-state index contributed by atoms with van der Waals surface area (Å²) in [6.45, 7) is 3.88. The van der Waals surface area contributed by atoms with Crippen molar-refractivity contribution in [1.29, 1.82) is 0 Å². The Hall–Kier alpha value is -3.19. The van der Waals surface area contributed by atoms with Crippen molar-refractivity contribution in [3.05, 3.63) is 54.5 Å². The molecule has 2 aromatic heterocycles. The summed E-state index contributed by atoms with van der Waals surface area (Å²) in [5, 5.41) is 3.84. The lowest BCUT2D eigenvalue weighted by atomic mass is 10.1. The molecule has 28 heavy (non-hydrogen) atoms. The average Bonchev–Trinajstić information content (AvgIpc) is 2.74. The molecule has 1 fully saturated rings. The Morgan fingerprint density at radius 2 is 1.89 bits per heavy atom. The van der Waals surface area contributed by atoms with Gasteiger partial charge < -0.3 is 19.9 Å². The number of carbonyl (C=O) groups excluding carboxylic acids is 1. The molecule has 0 saturated carbocycles. The molecule has 0 unspecified atom stereocenters. The van der Waals surface area contributed by atoms with Crippen LogP contribution in [0.25, 0.3) is 10.9 Å². The number of hydrogen-bond acceptors (Lipinski definition) is 6. The van der Waals surface area contributed by atoms with Crippen LogP contribution in [0.2, 0.25) is 0 Å². The van der Waals surface area contributed by atoms with Crippen molar-refractivity contribution in [2.75, 3.05) is 50.6 Å². The van der Waals surface area contributed by atoms with Gasteiger partial charge in [-0.25, -0.2) is 0 Å². The van der Waals surface area contributed by atoms with Gasteiger partial charge >= 0.3 is 0 Å². The number of hydrogen-bond donors (Lipinski definition) is 1. The minimum atomic E-state index is -0.267. The van der Waals surface area contributed by atoms with E-state index in [0.717, 1.165) is 37.3 Å². The quantitative estimate of drug-likeness (QED) is 0.754. The predicted molar refractivity (Wildman–Crippen MR) is 110 cm³/mol. The van der Waals surface area contributed by atoms with Gasteiger partial charge in [-0.1, -0.05) is 6.07 Å². The molecule has 1 aliphatic rings. The number of fused-ring (bicyclic) bond motifs is 1. The monoisotopic (exact) mass is 377 g/mol. The SMILES string of the molecule is COc1cc(NC(=O)c2cc(N3CCN(C)CC3)ccn2)c2ncccc2c1. The zero-order chi connectivity index (χ0) is 19.5. The number of aromatic nitrogens is 2. The first-order valence-corrected chi connectivity index (χ1v) is 9.28. The molecular formula is C21H23N5O2. The highest BCUT2D eigenvalue weighted by Crippen LogP contribution is 2.28. The molecule has 7 nitrogen and oxygen atoms in total. The maximum Gasteiger partial charge on any atom is 0.274 e. The normalized spacial score (nSPS) is 14.9. The van der Waals surface area contributed by atoms with E-state index >= 15 is 0 Å². The highest BCUT2D eigenvalue weighted by molar-refractivity contribution is 6.08. The third-order valence-corrected chi connectivity index (χ3v) is 5.01. The van der Waals surface area contributed by atoms with Gasteiger partial charge in [0.2, 0.25) is 0 Å². The Bertz CT molecular complexity index is 999. The highest BCUT2D eigenvalue weighted by atomic mass is 16.5.